The van der Waals surface area contributed by atoms with Crippen LogP contribution in [0.3, 0.4) is 0 Å². The molecule has 1 saturated heterocycles. The third-order valence-electron chi connectivity index (χ3n) is 3.67. The predicted octanol–water partition coefficient (Wildman–Crippen LogP) is 1.14. The molecule has 1 N–H and O–H groups in total. The quantitative estimate of drug-likeness (QED) is 0.869. The molecule has 0 radical (unpaired) electrons. The molecule has 19 heavy (non-hydrogen) atoms. The van der Waals surface area contributed by atoms with Crippen LogP contribution in [-0.4, -0.2) is 59.0 Å². The summed E-state index contributed by atoms with van der Waals surface area (Å²) in [6.07, 6.45) is 0. The Balaban J connectivity index is 2.13. The Morgan fingerprint density at radius 2 is 1.74 bits per heavy atom. The third kappa shape index (κ3) is 2.63. The van der Waals surface area contributed by atoms with Crippen molar-refractivity contribution in [2.75, 3.05) is 20.1 Å². The molecule has 104 valence electrons. The Kier molecular flexibility index (Phi) is 3.61. The van der Waals surface area contributed by atoms with Crippen LogP contribution in [0, 0.1) is 0 Å². The van der Waals surface area contributed by atoms with E-state index in [9.17, 15) is 9.59 Å². The Morgan fingerprint density at radius 3 is 2.21 bits per heavy atom. The molecule has 2 rings (SSSR count). The molecule has 2 unspecified atom stereocenters. The number of piperazine rings is 1. The van der Waals surface area contributed by atoms with Crippen molar-refractivity contribution in [3.63, 3.8) is 0 Å². The summed E-state index contributed by atoms with van der Waals surface area (Å²) in [6.45, 7) is 5.34. The molecule has 6 heteroatoms. The molecule has 1 aliphatic heterocycles. The zero-order valence-corrected chi connectivity index (χ0v) is 11.3. The maximum absolute atomic E-state index is 12.3. The number of rotatable bonds is 2. The average Bonchev–Trinajstić information content (AvgIpc) is 2.84. The summed E-state index contributed by atoms with van der Waals surface area (Å²) >= 11 is 0. The summed E-state index contributed by atoms with van der Waals surface area (Å²) in [5.74, 6) is -1.54. The maximum Gasteiger partial charge on any atom is 0.371 e. The van der Waals surface area contributed by atoms with Gasteiger partial charge in [0, 0.05) is 25.2 Å². The van der Waals surface area contributed by atoms with Crippen LogP contribution in [0.25, 0.3) is 0 Å². The molecular formula is C13H18N2O4. The zero-order valence-electron chi connectivity index (χ0n) is 11.3. The van der Waals surface area contributed by atoms with Gasteiger partial charge < -0.3 is 14.4 Å². The number of carboxylic acid groups (broad SMARTS) is 1. The lowest BCUT2D eigenvalue weighted by Crippen LogP contribution is -2.56. The lowest BCUT2D eigenvalue weighted by atomic mass is 10.1. The van der Waals surface area contributed by atoms with Gasteiger partial charge in [0.05, 0.1) is 0 Å². The molecule has 0 aliphatic carbocycles. The maximum atomic E-state index is 12.3. The van der Waals surface area contributed by atoms with Crippen LogP contribution in [0.5, 0.6) is 0 Å². The topological polar surface area (TPSA) is 74.0 Å². The smallest absolute Gasteiger partial charge is 0.371 e. The standard InChI is InChI=1S/C13H18N2O4/c1-8-6-15(7-9(2)14(8)3)12(16)10-4-5-11(19-10)13(17)18/h4-5,8-9H,6-7H2,1-3H3,(H,17,18). The molecule has 1 aliphatic rings. The number of hydrogen-bond donors (Lipinski definition) is 1. The highest BCUT2D eigenvalue weighted by molar-refractivity contribution is 5.93. The number of carbonyl (C=O) groups excluding carboxylic acids is 1. The second kappa shape index (κ2) is 5.05. The monoisotopic (exact) mass is 266 g/mol. The van der Waals surface area contributed by atoms with Gasteiger partial charge in [0.2, 0.25) is 5.76 Å². The number of hydrogen-bond acceptors (Lipinski definition) is 4. The highest BCUT2D eigenvalue weighted by atomic mass is 16.4. The van der Waals surface area contributed by atoms with Gasteiger partial charge in [-0.05, 0) is 33.0 Å². The summed E-state index contributed by atoms with van der Waals surface area (Å²) in [5, 5.41) is 8.78. The molecule has 1 amide bonds. The van der Waals surface area contributed by atoms with Gasteiger partial charge in [0.15, 0.2) is 5.76 Å². The van der Waals surface area contributed by atoms with Crippen molar-refractivity contribution in [3.05, 3.63) is 23.7 Å². The summed E-state index contributed by atoms with van der Waals surface area (Å²) in [5.41, 5.74) is 0. The van der Waals surface area contributed by atoms with Gasteiger partial charge in [0.25, 0.3) is 5.91 Å². The SMILES string of the molecule is CC1CN(C(=O)c2ccc(C(=O)O)o2)CC(C)N1C. The lowest BCUT2D eigenvalue weighted by Gasteiger charge is -2.42. The Morgan fingerprint density at radius 1 is 1.21 bits per heavy atom. The van der Waals surface area contributed by atoms with E-state index < -0.39 is 5.97 Å². The zero-order chi connectivity index (χ0) is 14.2. The number of aromatic carboxylic acids is 1. The van der Waals surface area contributed by atoms with E-state index in [1.54, 1.807) is 4.90 Å². The number of carbonyl (C=O) groups is 2. The van der Waals surface area contributed by atoms with E-state index in [1.165, 1.54) is 12.1 Å². The van der Waals surface area contributed by atoms with E-state index in [0.717, 1.165) is 0 Å². The molecule has 1 aromatic rings. The molecule has 1 aromatic heterocycles. The van der Waals surface area contributed by atoms with Crippen molar-refractivity contribution < 1.29 is 19.1 Å². The van der Waals surface area contributed by atoms with Crippen LogP contribution in [0.1, 0.15) is 35.0 Å². The van der Waals surface area contributed by atoms with Crippen LogP contribution < -0.4 is 0 Å². The van der Waals surface area contributed by atoms with Gasteiger partial charge in [-0.25, -0.2) is 4.79 Å². The molecule has 0 aromatic carbocycles. The van der Waals surface area contributed by atoms with Crippen LogP contribution in [0.4, 0.5) is 0 Å². The molecule has 0 spiro atoms. The van der Waals surface area contributed by atoms with Crippen molar-refractivity contribution in [3.8, 4) is 0 Å². The lowest BCUT2D eigenvalue weighted by molar-refractivity contribution is 0.0386. The van der Waals surface area contributed by atoms with Crippen LogP contribution in [0.15, 0.2) is 16.5 Å². The van der Waals surface area contributed by atoms with Crippen LogP contribution in [-0.2, 0) is 0 Å². The first-order chi connectivity index (χ1) is 8.90. The van der Waals surface area contributed by atoms with E-state index in [-0.39, 0.29) is 29.5 Å². The van der Waals surface area contributed by atoms with Crippen molar-refractivity contribution >= 4 is 11.9 Å². The Labute approximate surface area is 111 Å². The fourth-order valence-electron chi connectivity index (χ4n) is 2.29. The van der Waals surface area contributed by atoms with Crippen molar-refractivity contribution in [1.29, 1.82) is 0 Å². The van der Waals surface area contributed by atoms with Gasteiger partial charge in [-0.1, -0.05) is 0 Å². The molecule has 0 saturated carbocycles. The van der Waals surface area contributed by atoms with Gasteiger partial charge in [-0.15, -0.1) is 0 Å². The predicted molar refractivity (Wildman–Crippen MR) is 68.3 cm³/mol. The van der Waals surface area contributed by atoms with E-state index in [0.29, 0.717) is 13.1 Å². The number of likely N-dealkylation sites (N-methyl/N-ethyl adjacent to an activating group) is 1. The first kappa shape index (κ1) is 13.6. The van der Waals surface area contributed by atoms with Gasteiger partial charge in [0.1, 0.15) is 0 Å². The van der Waals surface area contributed by atoms with E-state index in [2.05, 4.69) is 18.7 Å². The number of furan rings is 1. The summed E-state index contributed by atoms with van der Waals surface area (Å²) in [4.78, 5) is 26.9. The highest BCUT2D eigenvalue weighted by Gasteiger charge is 2.31. The van der Waals surface area contributed by atoms with Crippen molar-refractivity contribution in [2.45, 2.75) is 25.9 Å². The van der Waals surface area contributed by atoms with Crippen molar-refractivity contribution in [2.24, 2.45) is 0 Å². The number of nitrogens with zero attached hydrogens (tertiary/aromatic N) is 2. The summed E-state index contributed by atoms with van der Waals surface area (Å²) in [7, 11) is 2.03. The van der Waals surface area contributed by atoms with Crippen LogP contribution >= 0.6 is 0 Å². The summed E-state index contributed by atoms with van der Waals surface area (Å²) < 4.78 is 5.05. The molecule has 1 fully saturated rings. The minimum atomic E-state index is -1.17. The fraction of sp³-hybridized carbons (Fsp3) is 0.538. The van der Waals surface area contributed by atoms with E-state index in [4.69, 9.17) is 9.52 Å². The third-order valence-corrected chi connectivity index (χ3v) is 3.67. The van der Waals surface area contributed by atoms with Crippen LogP contribution in [0.2, 0.25) is 0 Å². The highest BCUT2D eigenvalue weighted by Crippen LogP contribution is 2.17. The van der Waals surface area contributed by atoms with Crippen molar-refractivity contribution in [1.82, 2.24) is 9.80 Å². The van der Waals surface area contributed by atoms with E-state index >= 15 is 0 Å². The Hall–Kier alpha value is -1.82. The second-order valence-electron chi connectivity index (χ2n) is 5.04. The van der Waals surface area contributed by atoms with Gasteiger partial charge >= 0.3 is 5.97 Å². The van der Waals surface area contributed by atoms with E-state index in [1.807, 2.05) is 7.05 Å². The first-order valence-corrected chi connectivity index (χ1v) is 6.24. The molecule has 2 atom stereocenters. The number of carboxylic acids is 1. The van der Waals surface area contributed by atoms with Gasteiger partial charge in [-0.2, -0.15) is 0 Å². The molecule has 6 nitrogen and oxygen atoms in total. The number of amides is 1. The van der Waals surface area contributed by atoms with Gasteiger partial charge in [-0.3, -0.25) is 9.69 Å². The first-order valence-electron chi connectivity index (χ1n) is 6.24. The molecule has 2 heterocycles. The average molecular weight is 266 g/mol. The minimum absolute atomic E-state index is 0.0846. The normalized spacial score (nSPS) is 24.5. The molecular weight excluding hydrogens is 248 g/mol. The largest absolute Gasteiger partial charge is 0.475 e. The minimum Gasteiger partial charge on any atom is -0.475 e. The summed E-state index contributed by atoms with van der Waals surface area (Å²) in [6, 6.07) is 3.25. The Bertz CT molecular complexity index is 485. The molecule has 0 bridgehead atoms. The second-order valence-corrected chi connectivity index (χ2v) is 5.04. The fourth-order valence-corrected chi connectivity index (χ4v) is 2.29.